The van der Waals surface area contributed by atoms with Crippen LogP contribution in [0.25, 0.3) is 21.7 Å². The summed E-state index contributed by atoms with van der Waals surface area (Å²) in [6.07, 6.45) is 3.28. The molecule has 1 fully saturated rings. The molecule has 1 aliphatic heterocycles. The summed E-state index contributed by atoms with van der Waals surface area (Å²) in [5.74, 6) is -1.56. The summed E-state index contributed by atoms with van der Waals surface area (Å²) in [6.45, 7) is 1.23. The average molecular weight is 578 g/mol. The van der Waals surface area contributed by atoms with Crippen LogP contribution < -0.4 is 4.31 Å². The van der Waals surface area contributed by atoms with Gasteiger partial charge in [-0.15, -0.1) is 11.3 Å². The third-order valence-corrected chi connectivity index (χ3v) is 8.56. The molecule has 198 valence electrons. The second-order valence-electron chi connectivity index (χ2n) is 8.58. The van der Waals surface area contributed by atoms with Gasteiger partial charge in [0.15, 0.2) is 5.82 Å². The summed E-state index contributed by atoms with van der Waals surface area (Å²) >= 11 is 8.54. The van der Waals surface area contributed by atoms with Crippen LogP contribution in [0.15, 0.2) is 59.6 Å². The predicted octanol–water partition coefficient (Wildman–Crippen LogP) is 7.95. The zero-order chi connectivity index (χ0) is 26.6. The molecule has 0 amide bonds. The molecule has 0 N–H and O–H groups in total. The van der Waals surface area contributed by atoms with Crippen molar-refractivity contribution >= 4 is 40.6 Å². The summed E-state index contributed by atoms with van der Waals surface area (Å²) < 4.78 is 56.7. The summed E-state index contributed by atoms with van der Waals surface area (Å²) in [5, 5.41) is 1.23. The molecule has 0 radical (unpaired) electrons. The first-order valence-corrected chi connectivity index (χ1v) is 13.8. The molecular weight excluding hydrogens is 555 g/mol. The van der Waals surface area contributed by atoms with Crippen LogP contribution in [0.1, 0.15) is 23.8 Å². The van der Waals surface area contributed by atoms with Crippen LogP contribution in [-0.2, 0) is 9.47 Å². The number of benzene rings is 2. The second kappa shape index (κ2) is 12.0. The Kier molecular flexibility index (Phi) is 8.54. The largest absolute Gasteiger partial charge is 0.381 e. The highest BCUT2D eigenvalue weighted by molar-refractivity contribution is 8.00. The molecule has 1 saturated heterocycles. The van der Waals surface area contributed by atoms with Crippen LogP contribution in [0.2, 0.25) is 5.15 Å². The van der Waals surface area contributed by atoms with Crippen molar-refractivity contribution in [3.63, 3.8) is 0 Å². The maximum Gasteiger partial charge on any atom is 0.156 e. The molecule has 1 aliphatic rings. The number of methoxy groups -OCH3 is 1. The number of pyridine rings is 1. The van der Waals surface area contributed by atoms with E-state index in [1.807, 2.05) is 6.07 Å². The van der Waals surface area contributed by atoms with Crippen LogP contribution in [0, 0.1) is 17.5 Å². The van der Waals surface area contributed by atoms with Gasteiger partial charge in [0.1, 0.15) is 23.5 Å². The van der Waals surface area contributed by atoms with E-state index in [0.717, 1.165) is 58.4 Å². The van der Waals surface area contributed by atoms with Gasteiger partial charge in [-0.3, -0.25) is 4.31 Å². The van der Waals surface area contributed by atoms with Gasteiger partial charge in [-0.05, 0) is 72.8 Å². The van der Waals surface area contributed by atoms with E-state index in [2.05, 4.69) is 4.98 Å². The van der Waals surface area contributed by atoms with Crippen molar-refractivity contribution in [3.05, 3.63) is 82.3 Å². The number of anilines is 1. The standard InChI is InChI=1S/C27H23ClF3N3O2S2/c1-35-15-34(38-22-14-18(29)5-6-20(22)30)21-4-2-3-19(24(21)31)25-26(17-7-10-32-23(28)13-17)37-27(33-25)16-8-11-36-12-9-16/h2-7,10,13-14,16H,8-9,11-12,15H2,1H3. The van der Waals surface area contributed by atoms with E-state index in [9.17, 15) is 8.78 Å². The monoisotopic (exact) mass is 577 g/mol. The van der Waals surface area contributed by atoms with Crippen molar-refractivity contribution in [2.24, 2.45) is 0 Å². The van der Waals surface area contributed by atoms with Gasteiger partial charge in [0.25, 0.3) is 0 Å². The van der Waals surface area contributed by atoms with Gasteiger partial charge in [-0.1, -0.05) is 17.7 Å². The average Bonchev–Trinajstić information content (AvgIpc) is 3.36. The molecule has 0 saturated carbocycles. The maximum atomic E-state index is 16.3. The first-order valence-electron chi connectivity index (χ1n) is 11.8. The van der Waals surface area contributed by atoms with Gasteiger partial charge >= 0.3 is 0 Å². The minimum absolute atomic E-state index is 0.00873. The van der Waals surface area contributed by atoms with E-state index in [1.54, 1.807) is 30.5 Å². The van der Waals surface area contributed by atoms with Gasteiger partial charge in [0, 0.05) is 38.0 Å². The van der Waals surface area contributed by atoms with Crippen LogP contribution in [0.5, 0.6) is 0 Å². The van der Waals surface area contributed by atoms with Crippen LogP contribution in [0.4, 0.5) is 18.9 Å². The van der Waals surface area contributed by atoms with Gasteiger partial charge in [0.05, 0.1) is 26.2 Å². The Balaban J connectivity index is 1.59. The number of halogens is 4. The molecule has 0 bridgehead atoms. The zero-order valence-corrected chi connectivity index (χ0v) is 22.7. The van der Waals surface area contributed by atoms with E-state index in [-0.39, 0.29) is 28.8 Å². The number of ether oxygens (including phenoxy) is 2. The number of rotatable bonds is 8. The van der Waals surface area contributed by atoms with E-state index in [1.165, 1.54) is 22.8 Å². The molecule has 0 spiro atoms. The fourth-order valence-electron chi connectivity index (χ4n) is 4.20. The van der Waals surface area contributed by atoms with Crippen LogP contribution in [0.3, 0.4) is 0 Å². The normalized spacial score (nSPS) is 14.1. The van der Waals surface area contributed by atoms with Crippen molar-refractivity contribution in [3.8, 4) is 21.7 Å². The lowest BCUT2D eigenvalue weighted by molar-refractivity contribution is 0.0853. The second-order valence-corrected chi connectivity index (χ2v) is 11.1. The molecular formula is C27H23ClF3N3O2S2. The highest BCUT2D eigenvalue weighted by Crippen LogP contribution is 2.44. The minimum Gasteiger partial charge on any atom is -0.381 e. The third kappa shape index (κ3) is 5.84. The van der Waals surface area contributed by atoms with Gasteiger partial charge in [-0.2, -0.15) is 0 Å². The SMILES string of the molecule is COCN(Sc1cc(F)ccc1F)c1cccc(-c2nc(C3CCOCC3)sc2-c2ccnc(Cl)c2)c1F. The van der Waals surface area contributed by atoms with Crippen molar-refractivity contribution in [1.29, 1.82) is 0 Å². The van der Waals surface area contributed by atoms with E-state index >= 15 is 4.39 Å². The highest BCUT2D eigenvalue weighted by Gasteiger charge is 2.26. The summed E-state index contributed by atoms with van der Waals surface area (Å²) in [5.41, 5.74) is 1.70. The number of aromatic nitrogens is 2. The van der Waals surface area contributed by atoms with Crippen molar-refractivity contribution < 1.29 is 22.6 Å². The fraction of sp³-hybridized carbons (Fsp3) is 0.259. The van der Waals surface area contributed by atoms with E-state index < -0.39 is 17.5 Å². The Morgan fingerprint density at radius 2 is 1.95 bits per heavy atom. The molecule has 2 aromatic heterocycles. The molecule has 3 heterocycles. The predicted molar refractivity (Wildman–Crippen MR) is 145 cm³/mol. The summed E-state index contributed by atoms with van der Waals surface area (Å²) in [4.78, 5) is 9.77. The van der Waals surface area contributed by atoms with Crippen molar-refractivity contribution in [2.75, 3.05) is 31.4 Å². The number of hydrogen-bond acceptors (Lipinski definition) is 7. The lowest BCUT2D eigenvalue weighted by Crippen LogP contribution is -2.19. The first kappa shape index (κ1) is 27.0. The van der Waals surface area contributed by atoms with Crippen LogP contribution in [-0.4, -0.2) is 37.0 Å². The maximum absolute atomic E-state index is 16.3. The van der Waals surface area contributed by atoms with Crippen molar-refractivity contribution in [1.82, 2.24) is 9.97 Å². The Labute approximate surface area is 231 Å². The molecule has 2 aromatic carbocycles. The molecule has 4 aromatic rings. The third-order valence-electron chi connectivity index (χ3n) is 6.05. The van der Waals surface area contributed by atoms with Crippen molar-refractivity contribution in [2.45, 2.75) is 23.7 Å². The fourth-order valence-corrected chi connectivity index (χ4v) is 6.58. The highest BCUT2D eigenvalue weighted by atomic mass is 35.5. The number of thiazole rings is 1. The van der Waals surface area contributed by atoms with Gasteiger partial charge in [-0.25, -0.2) is 23.1 Å². The summed E-state index contributed by atoms with van der Waals surface area (Å²) in [7, 11) is 1.45. The Bertz CT molecular complexity index is 1430. The minimum atomic E-state index is -0.619. The molecule has 0 aliphatic carbocycles. The molecule has 0 unspecified atom stereocenters. The molecule has 38 heavy (non-hydrogen) atoms. The molecule has 5 rings (SSSR count). The van der Waals surface area contributed by atoms with E-state index in [4.69, 9.17) is 26.1 Å². The lowest BCUT2D eigenvalue weighted by Gasteiger charge is -2.24. The molecule has 0 atom stereocenters. The Hall–Kier alpha value is -2.63. The molecule has 11 heteroatoms. The van der Waals surface area contributed by atoms with Gasteiger partial charge < -0.3 is 9.47 Å². The summed E-state index contributed by atoms with van der Waals surface area (Å²) in [6, 6.07) is 11.6. The number of nitrogens with zero attached hydrogens (tertiary/aromatic N) is 3. The first-order chi connectivity index (χ1) is 18.4. The Morgan fingerprint density at radius 1 is 1.13 bits per heavy atom. The smallest absolute Gasteiger partial charge is 0.156 e. The van der Waals surface area contributed by atoms with E-state index in [0.29, 0.717) is 24.1 Å². The van der Waals surface area contributed by atoms with Gasteiger partial charge in [0.2, 0.25) is 0 Å². The quantitative estimate of drug-likeness (QED) is 0.120. The Morgan fingerprint density at radius 3 is 2.71 bits per heavy atom. The lowest BCUT2D eigenvalue weighted by atomic mass is 10.0. The molecule has 5 nitrogen and oxygen atoms in total. The number of hydrogen-bond donors (Lipinski definition) is 0. The zero-order valence-electron chi connectivity index (χ0n) is 20.3. The van der Waals surface area contributed by atoms with Crippen LogP contribution >= 0.6 is 34.9 Å². The topological polar surface area (TPSA) is 47.5 Å².